The monoisotopic (exact) mass is 285 g/mol. The van der Waals surface area contributed by atoms with E-state index in [-0.39, 0.29) is 13.2 Å². The Bertz CT molecular complexity index is 412. The molecule has 0 fully saturated rings. The summed E-state index contributed by atoms with van der Waals surface area (Å²) in [7, 11) is 0. The third-order valence-corrected chi connectivity index (χ3v) is 2.56. The number of hydrogen-bond acceptors (Lipinski definition) is 3. The highest BCUT2D eigenvalue weighted by Crippen LogP contribution is 2.14. The maximum atomic E-state index is 12.0. The highest BCUT2D eigenvalue weighted by Gasteiger charge is 2.21. The molecule has 1 aromatic rings. The summed E-state index contributed by atoms with van der Waals surface area (Å²) < 4.78 is 5.30. The summed E-state index contributed by atoms with van der Waals surface area (Å²) in [5.41, 5.74) is 0.383. The molecule has 0 aromatic heterocycles. The molecule has 4 nitrogen and oxygen atoms in total. The topological polar surface area (TPSA) is 49.8 Å². The second-order valence-electron chi connectivity index (χ2n) is 5.25. The molecule has 106 valence electrons. The molecular formula is C14H20ClNO3. The van der Waals surface area contributed by atoms with Gasteiger partial charge in [0.05, 0.1) is 6.61 Å². The molecule has 5 heteroatoms. The number of nitrogens with zero attached hydrogens (tertiary/aromatic N) is 1. The van der Waals surface area contributed by atoms with Crippen molar-refractivity contribution in [2.75, 3.05) is 13.2 Å². The predicted octanol–water partition coefficient (Wildman–Crippen LogP) is 3.07. The molecule has 0 radical (unpaired) electrons. The van der Waals surface area contributed by atoms with Crippen molar-refractivity contribution in [2.24, 2.45) is 0 Å². The Kier molecular flexibility index (Phi) is 5.63. The molecule has 0 atom stereocenters. The van der Waals surface area contributed by atoms with Gasteiger partial charge in [-0.3, -0.25) is 0 Å². The first kappa shape index (κ1) is 15.8. The molecule has 0 heterocycles. The van der Waals surface area contributed by atoms with Gasteiger partial charge in [0.15, 0.2) is 0 Å². The summed E-state index contributed by atoms with van der Waals surface area (Å²) in [6.45, 7) is 5.94. The van der Waals surface area contributed by atoms with Crippen LogP contribution >= 0.6 is 11.6 Å². The number of aliphatic hydroxyl groups is 1. The van der Waals surface area contributed by atoms with Crippen molar-refractivity contribution in [1.29, 1.82) is 0 Å². The molecule has 1 amide bonds. The molecule has 0 aliphatic carbocycles. The highest BCUT2D eigenvalue weighted by molar-refractivity contribution is 6.30. The van der Waals surface area contributed by atoms with Crippen LogP contribution in [-0.4, -0.2) is 34.9 Å². The molecule has 0 spiro atoms. The summed E-state index contributed by atoms with van der Waals surface area (Å²) in [6.07, 6.45) is -0.434. The van der Waals surface area contributed by atoms with Crippen molar-refractivity contribution >= 4 is 17.7 Å². The van der Waals surface area contributed by atoms with Gasteiger partial charge in [0.25, 0.3) is 0 Å². The van der Waals surface area contributed by atoms with Crippen LogP contribution in [0.25, 0.3) is 0 Å². The minimum Gasteiger partial charge on any atom is -0.444 e. The molecule has 1 rings (SSSR count). The van der Waals surface area contributed by atoms with Crippen molar-refractivity contribution in [3.8, 4) is 0 Å². The van der Waals surface area contributed by atoms with E-state index in [1.165, 1.54) is 4.90 Å². The Morgan fingerprint density at radius 2 is 1.89 bits per heavy atom. The Morgan fingerprint density at radius 3 is 2.37 bits per heavy atom. The van der Waals surface area contributed by atoms with Gasteiger partial charge in [0.2, 0.25) is 0 Å². The molecule has 1 N–H and O–H groups in total. The first-order valence-corrected chi connectivity index (χ1v) is 6.53. The number of hydrogen-bond donors (Lipinski definition) is 1. The highest BCUT2D eigenvalue weighted by atomic mass is 35.5. The molecule has 0 saturated carbocycles. The summed E-state index contributed by atoms with van der Waals surface area (Å²) in [5.74, 6) is 0. The average molecular weight is 286 g/mol. The fraction of sp³-hybridized carbons (Fsp3) is 0.500. The fourth-order valence-corrected chi connectivity index (χ4v) is 1.62. The van der Waals surface area contributed by atoms with Gasteiger partial charge < -0.3 is 14.7 Å². The third-order valence-electron chi connectivity index (χ3n) is 2.31. The minimum atomic E-state index is -0.551. The zero-order valence-electron chi connectivity index (χ0n) is 11.5. The zero-order chi connectivity index (χ0) is 14.5. The minimum absolute atomic E-state index is 0.104. The Labute approximate surface area is 118 Å². The van der Waals surface area contributed by atoms with Crippen LogP contribution < -0.4 is 0 Å². The summed E-state index contributed by atoms with van der Waals surface area (Å²) in [5, 5.41) is 9.68. The van der Waals surface area contributed by atoms with E-state index in [1.807, 2.05) is 32.9 Å². The number of ether oxygens (including phenoxy) is 1. The average Bonchev–Trinajstić information content (AvgIpc) is 2.29. The van der Waals surface area contributed by atoms with E-state index in [1.54, 1.807) is 12.1 Å². The standard InChI is InChI=1S/C14H20ClNO3/c1-14(2,3)19-13(18)16(8-9-17)10-11-4-6-12(15)7-5-11/h4-7,17H,8-10H2,1-3H3. The van der Waals surface area contributed by atoms with Crippen LogP contribution in [0.1, 0.15) is 26.3 Å². The Hall–Kier alpha value is -1.26. The van der Waals surface area contributed by atoms with Gasteiger partial charge in [0.1, 0.15) is 5.60 Å². The van der Waals surface area contributed by atoms with Crippen LogP contribution in [0.4, 0.5) is 4.79 Å². The number of carbonyl (C=O) groups excluding carboxylic acids is 1. The molecule has 0 unspecified atom stereocenters. The number of halogens is 1. The molecule has 0 aliphatic rings. The quantitative estimate of drug-likeness (QED) is 0.925. The Morgan fingerprint density at radius 1 is 1.32 bits per heavy atom. The second-order valence-corrected chi connectivity index (χ2v) is 5.69. The largest absolute Gasteiger partial charge is 0.444 e. The van der Waals surface area contributed by atoms with E-state index in [0.717, 1.165) is 5.56 Å². The molecule has 1 aromatic carbocycles. The van der Waals surface area contributed by atoms with E-state index in [4.69, 9.17) is 21.4 Å². The maximum Gasteiger partial charge on any atom is 0.410 e. The van der Waals surface area contributed by atoms with Gasteiger partial charge in [-0.25, -0.2) is 4.79 Å². The third kappa shape index (κ3) is 5.94. The molecular weight excluding hydrogens is 266 g/mol. The van der Waals surface area contributed by atoms with Gasteiger partial charge in [0, 0.05) is 18.1 Å². The summed E-state index contributed by atoms with van der Waals surface area (Å²) >= 11 is 5.81. The van der Waals surface area contributed by atoms with Crippen molar-refractivity contribution in [1.82, 2.24) is 4.90 Å². The molecule has 0 saturated heterocycles. The fourth-order valence-electron chi connectivity index (χ4n) is 1.49. The molecule has 0 bridgehead atoms. The predicted molar refractivity (Wildman–Crippen MR) is 75.2 cm³/mol. The smallest absolute Gasteiger partial charge is 0.410 e. The summed E-state index contributed by atoms with van der Waals surface area (Å²) in [4.78, 5) is 13.5. The number of carbonyl (C=O) groups is 1. The lowest BCUT2D eigenvalue weighted by Gasteiger charge is -2.27. The molecule has 0 aliphatic heterocycles. The van der Waals surface area contributed by atoms with Crippen molar-refractivity contribution in [3.05, 3.63) is 34.9 Å². The number of aliphatic hydroxyl groups excluding tert-OH is 1. The van der Waals surface area contributed by atoms with E-state index in [0.29, 0.717) is 11.6 Å². The van der Waals surface area contributed by atoms with Crippen LogP contribution in [0.3, 0.4) is 0 Å². The second kappa shape index (κ2) is 6.78. The SMILES string of the molecule is CC(C)(C)OC(=O)N(CCO)Cc1ccc(Cl)cc1. The van der Waals surface area contributed by atoms with Crippen LogP contribution in [0.2, 0.25) is 5.02 Å². The van der Waals surface area contributed by atoms with Crippen LogP contribution in [-0.2, 0) is 11.3 Å². The van der Waals surface area contributed by atoms with Crippen molar-refractivity contribution < 1.29 is 14.6 Å². The Balaban J connectivity index is 2.72. The van der Waals surface area contributed by atoms with Crippen LogP contribution in [0, 0.1) is 0 Å². The lowest BCUT2D eigenvalue weighted by atomic mass is 10.2. The zero-order valence-corrected chi connectivity index (χ0v) is 12.3. The number of amides is 1. The van der Waals surface area contributed by atoms with Gasteiger partial charge in [-0.1, -0.05) is 23.7 Å². The normalized spacial score (nSPS) is 11.2. The summed E-state index contributed by atoms with van der Waals surface area (Å²) in [6, 6.07) is 7.22. The van der Waals surface area contributed by atoms with Crippen LogP contribution in [0.5, 0.6) is 0 Å². The number of rotatable bonds is 4. The molecule has 19 heavy (non-hydrogen) atoms. The lowest BCUT2D eigenvalue weighted by molar-refractivity contribution is 0.0201. The first-order chi connectivity index (χ1) is 8.81. The van der Waals surface area contributed by atoms with E-state index < -0.39 is 11.7 Å². The van der Waals surface area contributed by atoms with Crippen LogP contribution in [0.15, 0.2) is 24.3 Å². The van der Waals surface area contributed by atoms with E-state index in [9.17, 15) is 4.79 Å². The number of benzene rings is 1. The maximum absolute atomic E-state index is 12.0. The van der Waals surface area contributed by atoms with Gasteiger partial charge >= 0.3 is 6.09 Å². The van der Waals surface area contributed by atoms with Gasteiger partial charge in [-0.2, -0.15) is 0 Å². The first-order valence-electron chi connectivity index (χ1n) is 6.15. The lowest BCUT2D eigenvalue weighted by Crippen LogP contribution is -2.38. The van der Waals surface area contributed by atoms with Gasteiger partial charge in [-0.15, -0.1) is 0 Å². The van der Waals surface area contributed by atoms with Crippen molar-refractivity contribution in [3.63, 3.8) is 0 Å². The van der Waals surface area contributed by atoms with Gasteiger partial charge in [-0.05, 0) is 38.5 Å². The van der Waals surface area contributed by atoms with E-state index in [2.05, 4.69) is 0 Å². The van der Waals surface area contributed by atoms with Crippen molar-refractivity contribution in [2.45, 2.75) is 32.9 Å². The van der Waals surface area contributed by atoms with E-state index >= 15 is 0 Å².